The van der Waals surface area contributed by atoms with Gasteiger partial charge < -0.3 is 14.4 Å². The highest BCUT2D eigenvalue weighted by Crippen LogP contribution is 2.50. The Morgan fingerprint density at radius 3 is 2.21 bits per heavy atom. The van der Waals surface area contributed by atoms with Crippen LogP contribution < -0.4 is 9.47 Å². The molecule has 2 unspecified atom stereocenters. The second kappa shape index (κ2) is 7.81. The third-order valence-corrected chi connectivity index (χ3v) is 6.43. The Labute approximate surface area is 172 Å². The van der Waals surface area contributed by atoms with Crippen LogP contribution in [0, 0.1) is 5.82 Å². The molecule has 4 nitrogen and oxygen atoms in total. The fourth-order valence-corrected chi connectivity index (χ4v) is 5.09. The van der Waals surface area contributed by atoms with E-state index in [1.54, 1.807) is 26.4 Å². The van der Waals surface area contributed by atoms with Crippen molar-refractivity contribution in [1.29, 1.82) is 0 Å². The largest absolute Gasteiger partial charge is 0.493 e. The second-order valence-electron chi connectivity index (χ2n) is 8.17. The average Bonchev–Trinajstić information content (AvgIpc) is 2.73. The summed E-state index contributed by atoms with van der Waals surface area (Å²) in [5.41, 5.74) is 3.56. The van der Waals surface area contributed by atoms with E-state index < -0.39 is 0 Å². The minimum absolute atomic E-state index is 0.0145. The number of methoxy groups -OCH3 is 2. The van der Waals surface area contributed by atoms with Crippen molar-refractivity contribution in [2.45, 2.75) is 30.5 Å². The third-order valence-electron chi connectivity index (χ3n) is 6.43. The van der Waals surface area contributed by atoms with Crippen LogP contribution in [-0.4, -0.2) is 57.2 Å². The number of halogens is 1. The number of hydrogen-bond acceptors (Lipinski definition) is 4. The van der Waals surface area contributed by atoms with Crippen LogP contribution in [0.3, 0.4) is 0 Å². The summed E-state index contributed by atoms with van der Waals surface area (Å²) in [6, 6.07) is 11.7. The van der Waals surface area contributed by atoms with Gasteiger partial charge in [0.2, 0.25) is 0 Å². The van der Waals surface area contributed by atoms with Crippen LogP contribution in [0.4, 0.5) is 4.39 Å². The molecule has 2 aromatic carbocycles. The Morgan fingerprint density at radius 2 is 1.62 bits per heavy atom. The Bertz CT molecular complexity index is 910. The molecule has 1 heterocycles. The van der Waals surface area contributed by atoms with Gasteiger partial charge in [-0.3, -0.25) is 4.90 Å². The molecule has 2 aromatic rings. The van der Waals surface area contributed by atoms with Crippen molar-refractivity contribution in [2.24, 2.45) is 0 Å². The zero-order valence-electron chi connectivity index (χ0n) is 17.7. The van der Waals surface area contributed by atoms with Crippen LogP contribution in [0.5, 0.6) is 11.5 Å². The number of hydrogen-bond donors (Lipinski definition) is 0. The van der Waals surface area contributed by atoms with Crippen LogP contribution in [-0.2, 0) is 0 Å². The molecule has 0 aromatic heterocycles. The maximum Gasteiger partial charge on any atom is 0.161 e. The van der Waals surface area contributed by atoms with E-state index >= 15 is 0 Å². The Hall–Kier alpha value is -2.37. The normalized spacial score (nSPS) is 26.2. The van der Waals surface area contributed by atoms with E-state index in [1.165, 1.54) is 11.1 Å². The van der Waals surface area contributed by atoms with Crippen molar-refractivity contribution in [3.05, 3.63) is 71.1 Å². The minimum Gasteiger partial charge on any atom is -0.493 e. The number of fused-ring (bicyclic) bond motifs is 3. The van der Waals surface area contributed by atoms with Crippen molar-refractivity contribution in [3.8, 4) is 11.5 Å². The lowest BCUT2D eigenvalue weighted by Crippen LogP contribution is -2.55. The van der Waals surface area contributed by atoms with Gasteiger partial charge in [0.1, 0.15) is 5.82 Å². The molecule has 0 saturated heterocycles. The van der Waals surface area contributed by atoms with Gasteiger partial charge in [0.25, 0.3) is 0 Å². The fraction of sp³-hybridized carbons (Fsp3) is 0.417. The molecule has 2 aliphatic rings. The van der Waals surface area contributed by atoms with Gasteiger partial charge in [0.05, 0.1) is 20.3 Å². The lowest BCUT2D eigenvalue weighted by atomic mass is 9.72. The molecule has 0 N–H and O–H groups in total. The van der Waals surface area contributed by atoms with Gasteiger partial charge >= 0.3 is 0 Å². The number of rotatable bonds is 4. The standard InChI is InChI=1S/C24H29FN2O2/c1-26(2)20-8-6-7-17-18-13-21(28-4)22(29-5)14-19(18)23(27(3)24(17)20)15-9-11-16(25)12-10-15/h6,8-14,17,20,23-24H,7H2,1-5H3/t17-,20-,23?,24?/m0/s1. The molecule has 0 fully saturated rings. The highest BCUT2D eigenvalue weighted by molar-refractivity contribution is 5.54. The monoisotopic (exact) mass is 396 g/mol. The van der Waals surface area contributed by atoms with Gasteiger partial charge in [-0.15, -0.1) is 0 Å². The van der Waals surface area contributed by atoms with E-state index in [2.05, 4.69) is 55.2 Å². The summed E-state index contributed by atoms with van der Waals surface area (Å²) in [7, 11) is 9.78. The zero-order chi connectivity index (χ0) is 20.7. The smallest absolute Gasteiger partial charge is 0.161 e. The molecule has 1 aliphatic carbocycles. The Morgan fingerprint density at radius 1 is 1.00 bits per heavy atom. The summed E-state index contributed by atoms with van der Waals surface area (Å²) in [4.78, 5) is 4.72. The van der Waals surface area contributed by atoms with Crippen molar-refractivity contribution >= 4 is 0 Å². The number of allylic oxidation sites excluding steroid dienone is 1. The third kappa shape index (κ3) is 3.32. The summed E-state index contributed by atoms with van der Waals surface area (Å²) >= 11 is 0. The Balaban J connectivity index is 1.93. The summed E-state index contributed by atoms with van der Waals surface area (Å²) in [6.45, 7) is 0. The van der Waals surface area contributed by atoms with Crippen LogP contribution in [0.1, 0.15) is 35.1 Å². The number of nitrogens with zero attached hydrogens (tertiary/aromatic N) is 2. The van der Waals surface area contributed by atoms with E-state index in [9.17, 15) is 4.39 Å². The van der Waals surface area contributed by atoms with E-state index in [4.69, 9.17) is 9.47 Å². The molecular formula is C24H29FN2O2. The fourth-order valence-electron chi connectivity index (χ4n) is 5.09. The van der Waals surface area contributed by atoms with Crippen LogP contribution in [0.15, 0.2) is 48.6 Å². The molecule has 154 valence electrons. The topological polar surface area (TPSA) is 24.9 Å². The van der Waals surface area contributed by atoms with Crippen molar-refractivity contribution in [2.75, 3.05) is 35.4 Å². The lowest BCUT2D eigenvalue weighted by Gasteiger charge is -2.51. The van der Waals surface area contributed by atoms with Crippen LogP contribution in [0.2, 0.25) is 0 Å². The number of benzene rings is 2. The maximum absolute atomic E-state index is 13.6. The van der Waals surface area contributed by atoms with Crippen molar-refractivity contribution in [1.82, 2.24) is 9.80 Å². The predicted octanol–water partition coefficient (Wildman–Crippen LogP) is 4.22. The minimum atomic E-state index is -0.218. The van der Waals surface area contributed by atoms with E-state index in [-0.39, 0.29) is 11.9 Å². The number of ether oxygens (including phenoxy) is 2. The molecule has 5 heteroatoms. The first-order chi connectivity index (χ1) is 14.0. The van der Waals surface area contributed by atoms with Crippen molar-refractivity contribution < 1.29 is 13.9 Å². The first kappa shape index (κ1) is 19.9. The molecule has 0 spiro atoms. The Kier molecular flexibility index (Phi) is 5.36. The first-order valence-electron chi connectivity index (χ1n) is 10.0. The van der Waals surface area contributed by atoms with Gasteiger partial charge in [-0.2, -0.15) is 0 Å². The van der Waals surface area contributed by atoms with Crippen molar-refractivity contribution in [3.63, 3.8) is 0 Å². The highest BCUT2D eigenvalue weighted by Gasteiger charge is 2.44. The van der Waals surface area contributed by atoms with E-state index in [1.807, 2.05) is 12.1 Å². The number of likely N-dealkylation sites (N-methyl/N-ethyl adjacent to an activating group) is 2. The molecule has 0 bridgehead atoms. The molecule has 0 amide bonds. The van der Waals surface area contributed by atoms with Crippen LogP contribution >= 0.6 is 0 Å². The van der Waals surface area contributed by atoms with E-state index in [0.717, 1.165) is 23.5 Å². The molecule has 0 saturated carbocycles. The second-order valence-corrected chi connectivity index (χ2v) is 8.17. The predicted molar refractivity (Wildman–Crippen MR) is 113 cm³/mol. The quantitative estimate of drug-likeness (QED) is 0.723. The van der Waals surface area contributed by atoms with Gasteiger partial charge in [-0.05, 0) is 68.5 Å². The SMILES string of the molecule is COc1cc2c(cc1OC)[C@@H]1CC=C[C@H](N(C)C)C1N(C)C2c1ccc(F)cc1. The molecule has 29 heavy (non-hydrogen) atoms. The summed E-state index contributed by atoms with van der Waals surface area (Å²) in [5, 5.41) is 0. The molecule has 4 atom stereocenters. The highest BCUT2D eigenvalue weighted by atomic mass is 19.1. The lowest BCUT2D eigenvalue weighted by molar-refractivity contribution is 0.0876. The summed E-state index contributed by atoms with van der Waals surface area (Å²) in [5.74, 6) is 1.61. The summed E-state index contributed by atoms with van der Waals surface area (Å²) < 4.78 is 24.9. The zero-order valence-corrected chi connectivity index (χ0v) is 17.7. The molecule has 0 radical (unpaired) electrons. The summed E-state index contributed by atoms with van der Waals surface area (Å²) in [6.07, 6.45) is 5.58. The van der Waals surface area contributed by atoms with Gasteiger partial charge in [0, 0.05) is 18.0 Å². The van der Waals surface area contributed by atoms with Gasteiger partial charge in [0.15, 0.2) is 11.5 Å². The molecular weight excluding hydrogens is 367 g/mol. The van der Waals surface area contributed by atoms with Gasteiger partial charge in [-0.1, -0.05) is 24.3 Å². The maximum atomic E-state index is 13.6. The average molecular weight is 397 g/mol. The van der Waals surface area contributed by atoms with Gasteiger partial charge in [-0.25, -0.2) is 4.39 Å². The first-order valence-corrected chi connectivity index (χ1v) is 10.0. The van der Waals surface area contributed by atoms with E-state index in [0.29, 0.717) is 18.0 Å². The van der Waals surface area contributed by atoms with Crippen LogP contribution in [0.25, 0.3) is 0 Å². The molecule has 1 aliphatic heterocycles. The molecule has 4 rings (SSSR count).